The highest BCUT2D eigenvalue weighted by molar-refractivity contribution is 5.93. The molecule has 3 N–H and O–H groups in total. The van der Waals surface area contributed by atoms with Crippen LogP contribution in [0.1, 0.15) is 31.1 Å². The molecule has 0 fully saturated rings. The van der Waals surface area contributed by atoms with E-state index in [0.29, 0.717) is 0 Å². The lowest BCUT2D eigenvalue weighted by atomic mass is 10.2. The molecule has 18 heavy (non-hydrogen) atoms. The van der Waals surface area contributed by atoms with Gasteiger partial charge in [-0.15, -0.1) is 0 Å². The van der Waals surface area contributed by atoms with Gasteiger partial charge in [0.1, 0.15) is 11.4 Å². The third-order valence-electron chi connectivity index (χ3n) is 1.76. The molecular formula is C11H15N3O4. The molecule has 0 aromatic carbocycles. The standard InChI is InChI=1S/C11H15N3O4/c1-11(2,3)18-10(16)13-8-5-4-7(6-12-8)9(15)14-17/h4-6,17H,1-3H3,(H,14,15)(H,12,13,16). The van der Waals surface area contributed by atoms with Crippen LogP contribution in [0.4, 0.5) is 10.6 Å². The van der Waals surface area contributed by atoms with Crippen LogP contribution in [0.3, 0.4) is 0 Å². The molecule has 0 radical (unpaired) electrons. The third kappa shape index (κ3) is 4.38. The Bertz CT molecular complexity index is 437. The minimum atomic E-state index is -0.675. The smallest absolute Gasteiger partial charge is 0.413 e. The maximum atomic E-state index is 11.4. The van der Waals surface area contributed by atoms with Gasteiger partial charge >= 0.3 is 6.09 Å². The van der Waals surface area contributed by atoms with Gasteiger partial charge in [-0.2, -0.15) is 0 Å². The van der Waals surface area contributed by atoms with Gasteiger partial charge in [-0.1, -0.05) is 0 Å². The molecule has 0 atom stereocenters. The first-order valence-electron chi connectivity index (χ1n) is 5.22. The normalized spacial score (nSPS) is 10.7. The summed E-state index contributed by atoms with van der Waals surface area (Å²) < 4.78 is 5.03. The van der Waals surface area contributed by atoms with E-state index in [9.17, 15) is 9.59 Å². The molecule has 7 heteroatoms. The van der Waals surface area contributed by atoms with E-state index in [1.807, 2.05) is 0 Å². The number of amides is 2. The van der Waals surface area contributed by atoms with Crippen LogP contribution in [-0.2, 0) is 4.74 Å². The van der Waals surface area contributed by atoms with Crippen LogP contribution in [0.5, 0.6) is 0 Å². The van der Waals surface area contributed by atoms with Crippen molar-refractivity contribution in [2.45, 2.75) is 26.4 Å². The van der Waals surface area contributed by atoms with Gasteiger partial charge in [-0.3, -0.25) is 15.3 Å². The molecule has 0 aliphatic heterocycles. The quantitative estimate of drug-likeness (QED) is 0.548. The molecule has 0 saturated carbocycles. The lowest BCUT2D eigenvalue weighted by Gasteiger charge is -2.19. The summed E-state index contributed by atoms with van der Waals surface area (Å²) in [5.41, 5.74) is 1.06. The molecule has 7 nitrogen and oxygen atoms in total. The molecule has 1 rings (SSSR count). The van der Waals surface area contributed by atoms with Gasteiger partial charge in [0.25, 0.3) is 5.91 Å². The van der Waals surface area contributed by atoms with Crippen LogP contribution in [0, 0.1) is 0 Å². The zero-order valence-corrected chi connectivity index (χ0v) is 10.4. The minimum absolute atomic E-state index is 0.173. The van der Waals surface area contributed by atoms with Crippen molar-refractivity contribution >= 4 is 17.8 Å². The van der Waals surface area contributed by atoms with Crippen molar-refractivity contribution in [3.63, 3.8) is 0 Å². The first-order valence-corrected chi connectivity index (χ1v) is 5.22. The van der Waals surface area contributed by atoms with Crippen molar-refractivity contribution in [1.29, 1.82) is 0 Å². The molecule has 0 spiro atoms. The van der Waals surface area contributed by atoms with E-state index in [0.717, 1.165) is 0 Å². The van der Waals surface area contributed by atoms with Gasteiger partial charge in [0.2, 0.25) is 0 Å². The Morgan fingerprint density at radius 1 is 1.33 bits per heavy atom. The number of rotatable bonds is 2. The number of anilines is 1. The molecule has 0 aliphatic carbocycles. The first kappa shape index (κ1) is 13.9. The minimum Gasteiger partial charge on any atom is -0.444 e. The van der Waals surface area contributed by atoms with Crippen molar-refractivity contribution in [2.75, 3.05) is 5.32 Å². The summed E-state index contributed by atoms with van der Waals surface area (Å²) in [5.74, 6) is -0.426. The van der Waals surface area contributed by atoms with Gasteiger partial charge in [-0.25, -0.2) is 15.3 Å². The van der Waals surface area contributed by atoms with E-state index in [1.165, 1.54) is 23.8 Å². The summed E-state index contributed by atoms with van der Waals surface area (Å²) in [4.78, 5) is 26.3. The van der Waals surface area contributed by atoms with Crippen LogP contribution < -0.4 is 10.8 Å². The zero-order valence-electron chi connectivity index (χ0n) is 10.4. The maximum Gasteiger partial charge on any atom is 0.413 e. The topological polar surface area (TPSA) is 101 Å². The fourth-order valence-corrected chi connectivity index (χ4v) is 1.07. The Balaban J connectivity index is 2.64. The zero-order chi connectivity index (χ0) is 13.8. The summed E-state index contributed by atoms with van der Waals surface area (Å²) in [6.07, 6.45) is 0.590. The number of ether oxygens (including phenoxy) is 1. The predicted octanol–water partition coefficient (Wildman–Crippen LogP) is 1.55. The number of aromatic nitrogens is 1. The average molecular weight is 253 g/mol. The number of carbonyl (C=O) groups is 2. The van der Waals surface area contributed by atoms with Crippen molar-refractivity contribution < 1.29 is 19.5 Å². The summed E-state index contributed by atoms with van der Waals surface area (Å²) in [6.45, 7) is 5.23. The lowest BCUT2D eigenvalue weighted by molar-refractivity contribution is 0.0635. The van der Waals surface area contributed by atoms with Gasteiger partial charge < -0.3 is 4.74 Å². The Labute approximate surface area is 104 Å². The van der Waals surface area contributed by atoms with E-state index in [-0.39, 0.29) is 11.4 Å². The summed E-state index contributed by atoms with van der Waals surface area (Å²) in [5, 5.41) is 10.8. The molecule has 2 amide bonds. The van der Waals surface area contributed by atoms with Crippen LogP contribution in [0.2, 0.25) is 0 Å². The number of pyridine rings is 1. The van der Waals surface area contributed by atoms with Gasteiger partial charge in [0, 0.05) is 6.20 Å². The van der Waals surface area contributed by atoms with Crippen molar-refractivity contribution in [2.24, 2.45) is 0 Å². The fraction of sp³-hybridized carbons (Fsp3) is 0.364. The van der Waals surface area contributed by atoms with Gasteiger partial charge in [0.05, 0.1) is 5.56 Å². The average Bonchev–Trinajstić information content (AvgIpc) is 2.26. The summed E-state index contributed by atoms with van der Waals surface area (Å²) in [7, 11) is 0. The van der Waals surface area contributed by atoms with Crippen LogP contribution in [0.25, 0.3) is 0 Å². The van der Waals surface area contributed by atoms with E-state index >= 15 is 0 Å². The van der Waals surface area contributed by atoms with E-state index < -0.39 is 17.6 Å². The maximum absolute atomic E-state index is 11.4. The predicted molar refractivity (Wildman–Crippen MR) is 63.3 cm³/mol. The highest BCUT2D eigenvalue weighted by Crippen LogP contribution is 2.10. The molecular weight excluding hydrogens is 238 g/mol. The second-order valence-corrected chi connectivity index (χ2v) is 4.50. The molecule has 1 heterocycles. The van der Waals surface area contributed by atoms with Crippen molar-refractivity contribution in [3.8, 4) is 0 Å². The number of carbonyl (C=O) groups excluding carboxylic acids is 2. The second kappa shape index (κ2) is 5.46. The Morgan fingerprint density at radius 2 is 2.00 bits per heavy atom. The Hall–Kier alpha value is -2.15. The molecule has 0 bridgehead atoms. The molecule has 0 aliphatic rings. The van der Waals surface area contributed by atoms with E-state index in [4.69, 9.17) is 9.94 Å². The first-order chi connectivity index (χ1) is 8.31. The highest BCUT2D eigenvalue weighted by atomic mass is 16.6. The lowest BCUT2D eigenvalue weighted by Crippen LogP contribution is -2.27. The highest BCUT2D eigenvalue weighted by Gasteiger charge is 2.16. The summed E-state index contributed by atoms with van der Waals surface area (Å²) >= 11 is 0. The summed E-state index contributed by atoms with van der Waals surface area (Å²) in [6, 6.07) is 2.83. The van der Waals surface area contributed by atoms with Gasteiger partial charge in [0.15, 0.2) is 0 Å². The number of nitrogens with zero attached hydrogens (tertiary/aromatic N) is 1. The number of nitrogens with one attached hydrogen (secondary N) is 2. The molecule has 1 aromatic heterocycles. The third-order valence-corrected chi connectivity index (χ3v) is 1.76. The second-order valence-electron chi connectivity index (χ2n) is 4.50. The van der Waals surface area contributed by atoms with Crippen molar-refractivity contribution in [1.82, 2.24) is 10.5 Å². The molecule has 0 saturated heterocycles. The molecule has 1 aromatic rings. The van der Waals surface area contributed by atoms with Crippen LogP contribution in [-0.4, -0.2) is 27.8 Å². The fourth-order valence-electron chi connectivity index (χ4n) is 1.07. The Morgan fingerprint density at radius 3 is 2.44 bits per heavy atom. The monoisotopic (exact) mass is 253 g/mol. The van der Waals surface area contributed by atoms with E-state index in [1.54, 1.807) is 20.8 Å². The number of hydroxylamine groups is 1. The SMILES string of the molecule is CC(C)(C)OC(=O)Nc1ccc(C(=O)NO)cn1. The van der Waals surface area contributed by atoms with Gasteiger partial charge in [-0.05, 0) is 32.9 Å². The van der Waals surface area contributed by atoms with Crippen molar-refractivity contribution in [3.05, 3.63) is 23.9 Å². The Kier molecular flexibility index (Phi) is 4.22. The number of hydrogen-bond acceptors (Lipinski definition) is 5. The molecule has 0 unspecified atom stereocenters. The molecule has 98 valence electrons. The van der Waals surface area contributed by atoms with Crippen LogP contribution >= 0.6 is 0 Å². The largest absolute Gasteiger partial charge is 0.444 e. The van der Waals surface area contributed by atoms with E-state index in [2.05, 4.69) is 10.3 Å². The number of hydrogen-bond donors (Lipinski definition) is 3. The van der Waals surface area contributed by atoms with Crippen LogP contribution in [0.15, 0.2) is 18.3 Å².